The van der Waals surface area contributed by atoms with Gasteiger partial charge in [-0.1, -0.05) is 18.2 Å². The predicted molar refractivity (Wildman–Crippen MR) is 107 cm³/mol. The molecule has 0 aliphatic carbocycles. The summed E-state index contributed by atoms with van der Waals surface area (Å²) < 4.78 is 2.22. The second kappa shape index (κ2) is 6.30. The number of carbonyl (C=O) groups excluding carboxylic acids is 1. The zero-order chi connectivity index (χ0) is 19.3. The number of carbonyl (C=O) groups is 1. The van der Waals surface area contributed by atoms with E-state index in [-0.39, 0.29) is 17.9 Å². The van der Waals surface area contributed by atoms with Crippen LogP contribution < -0.4 is 5.32 Å². The Kier molecular flexibility index (Phi) is 3.75. The third-order valence-electron chi connectivity index (χ3n) is 5.17. The first kappa shape index (κ1) is 16.7. The molecule has 0 fully saturated rings. The van der Waals surface area contributed by atoms with Crippen LogP contribution in [0.3, 0.4) is 0 Å². The standard InChI is InChI=1S/C21H20N6O/c1-12(2)27-16-9-4-3-7-14(16)23-21(27)13-11-17(28)24-20-18(13)19(25-26-20)15-8-5-6-10-22-15/h3-10,12-13H,11H2,1-2H3,(H2,24,25,26,28). The fourth-order valence-electron chi connectivity index (χ4n) is 4.03. The van der Waals surface area contributed by atoms with Gasteiger partial charge in [0, 0.05) is 24.2 Å². The summed E-state index contributed by atoms with van der Waals surface area (Å²) in [5.41, 5.74) is 4.56. The number of amides is 1. The molecular formula is C21H20N6O. The van der Waals surface area contributed by atoms with Crippen molar-refractivity contribution in [1.82, 2.24) is 24.7 Å². The zero-order valence-corrected chi connectivity index (χ0v) is 15.7. The maximum absolute atomic E-state index is 12.4. The number of aromatic amines is 1. The molecule has 7 heteroatoms. The van der Waals surface area contributed by atoms with Crippen molar-refractivity contribution in [2.24, 2.45) is 0 Å². The average Bonchev–Trinajstić information content (AvgIpc) is 3.29. The number of imidazole rings is 1. The molecule has 0 saturated carbocycles. The van der Waals surface area contributed by atoms with Gasteiger partial charge in [0.1, 0.15) is 5.82 Å². The van der Waals surface area contributed by atoms with Gasteiger partial charge in [-0.05, 0) is 38.1 Å². The van der Waals surface area contributed by atoms with Gasteiger partial charge in [0.2, 0.25) is 5.91 Å². The van der Waals surface area contributed by atoms with Gasteiger partial charge in [-0.25, -0.2) is 4.98 Å². The smallest absolute Gasteiger partial charge is 0.226 e. The van der Waals surface area contributed by atoms with Crippen LogP contribution in [0.5, 0.6) is 0 Å². The first-order chi connectivity index (χ1) is 13.6. The van der Waals surface area contributed by atoms with Crippen molar-refractivity contribution in [2.75, 3.05) is 5.32 Å². The molecule has 3 aromatic heterocycles. The minimum Gasteiger partial charge on any atom is -0.325 e. The largest absolute Gasteiger partial charge is 0.325 e. The number of H-pyrrole nitrogens is 1. The number of nitrogens with zero attached hydrogens (tertiary/aromatic N) is 4. The Morgan fingerprint density at radius 2 is 1.96 bits per heavy atom. The molecule has 1 aliphatic rings. The summed E-state index contributed by atoms with van der Waals surface area (Å²) in [7, 11) is 0. The fraction of sp³-hybridized carbons (Fsp3) is 0.238. The summed E-state index contributed by atoms with van der Waals surface area (Å²) in [5, 5.41) is 10.3. The first-order valence-electron chi connectivity index (χ1n) is 9.40. The highest BCUT2D eigenvalue weighted by Gasteiger charge is 2.35. The van der Waals surface area contributed by atoms with Gasteiger partial charge in [0.15, 0.2) is 5.82 Å². The fourth-order valence-corrected chi connectivity index (χ4v) is 4.03. The number of hydrogen-bond acceptors (Lipinski definition) is 4. The molecule has 4 heterocycles. The number of rotatable bonds is 3. The topological polar surface area (TPSA) is 88.5 Å². The lowest BCUT2D eigenvalue weighted by atomic mass is 9.90. The predicted octanol–water partition coefficient (Wildman–Crippen LogP) is 3.88. The lowest BCUT2D eigenvalue weighted by molar-refractivity contribution is -0.116. The summed E-state index contributed by atoms with van der Waals surface area (Å²) in [6.07, 6.45) is 2.07. The van der Waals surface area contributed by atoms with Crippen LogP contribution in [0.4, 0.5) is 5.82 Å². The summed E-state index contributed by atoms with van der Waals surface area (Å²) in [6.45, 7) is 4.27. The monoisotopic (exact) mass is 372 g/mol. The van der Waals surface area contributed by atoms with Crippen LogP contribution in [0.1, 0.15) is 43.6 Å². The van der Waals surface area contributed by atoms with Gasteiger partial charge in [-0.15, -0.1) is 0 Å². The van der Waals surface area contributed by atoms with E-state index in [0.29, 0.717) is 12.2 Å². The quantitative estimate of drug-likeness (QED) is 0.571. The van der Waals surface area contributed by atoms with Crippen LogP contribution >= 0.6 is 0 Å². The molecule has 2 N–H and O–H groups in total. The number of hydrogen-bond donors (Lipinski definition) is 2. The van der Waals surface area contributed by atoms with Crippen molar-refractivity contribution in [3.8, 4) is 11.4 Å². The second-order valence-corrected chi connectivity index (χ2v) is 7.30. The van der Waals surface area contributed by atoms with Crippen molar-refractivity contribution in [3.05, 3.63) is 60.0 Å². The Bertz CT molecular complexity index is 1170. The Morgan fingerprint density at radius 3 is 2.75 bits per heavy atom. The molecule has 28 heavy (non-hydrogen) atoms. The number of para-hydroxylation sites is 2. The minimum atomic E-state index is -0.200. The summed E-state index contributed by atoms with van der Waals surface area (Å²) in [5.74, 6) is 1.18. The molecule has 1 amide bonds. The summed E-state index contributed by atoms with van der Waals surface area (Å²) in [4.78, 5) is 21.8. The maximum atomic E-state index is 12.4. The van der Waals surface area contributed by atoms with E-state index in [9.17, 15) is 4.79 Å². The Morgan fingerprint density at radius 1 is 1.14 bits per heavy atom. The number of anilines is 1. The van der Waals surface area contributed by atoms with Crippen LogP contribution in [-0.2, 0) is 4.79 Å². The average molecular weight is 372 g/mol. The lowest BCUT2D eigenvalue weighted by Crippen LogP contribution is -2.25. The van der Waals surface area contributed by atoms with E-state index in [1.54, 1.807) is 6.20 Å². The van der Waals surface area contributed by atoms with Crippen molar-refractivity contribution >= 4 is 22.8 Å². The zero-order valence-electron chi connectivity index (χ0n) is 15.7. The highest BCUT2D eigenvalue weighted by atomic mass is 16.1. The Hall–Kier alpha value is -3.48. The van der Waals surface area contributed by atoms with Crippen LogP contribution in [0.25, 0.3) is 22.4 Å². The molecule has 1 unspecified atom stereocenters. The van der Waals surface area contributed by atoms with Crippen molar-refractivity contribution < 1.29 is 4.79 Å². The highest BCUT2D eigenvalue weighted by molar-refractivity contribution is 5.96. The van der Waals surface area contributed by atoms with Gasteiger partial charge >= 0.3 is 0 Å². The minimum absolute atomic E-state index is 0.0565. The molecule has 0 saturated heterocycles. The van der Waals surface area contributed by atoms with Crippen LogP contribution in [-0.4, -0.2) is 30.6 Å². The van der Waals surface area contributed by atoms with E-state index in [1.807, 2.05) is 36.4 Å². The van der Waals surface area contributed by atoms with Gasteiger partial charge < -0.3 is 9.88 Å². The molecule has 4 aromatic rings. The summed E-state index contributed by atoms with van der Waals surface area (Å²) in [6, 6.07) is 14.1. The van der Waals surface area contributed by atoms with Gasteiger partial charge in [0.05, 0.1) is 28.3 Å². The van der Waals surface area contributed by atoms with Gasteiger partial charge in [-0.2, -0.15) is 5.10 Å². The number of benzene rings is 1. The SMILES string of the molecule is CC(C)n1c(C2CC(=O)Nc3n[nH]c(-c4ccccn4)c32)nc2ccccc21. The van der Waals surface area contributed by atoms with Crippen molar-refractivity contribution in [2.45, 2.75) is 32.2 Å². The molecule has 1 aliphatic heterocycles. The lowest BCUT2D eigenvalue weighted by Gasteiger charge is -2.24. The van der Waals surface area contributed by atoms with Crippen molar-refractivity contribution in [3.63, 3.8) is 0 Å². The Labute approximate surface area is 161 Å². The molecule has 1 aromatic carbocycles. The maximum Gasteiger partial charge on any atom is 0.226 e. The van der Waals surface area contributed by atoms with Gasteiger partial charge in [0.25, 0.3) is 0 Å². The molecule has 0 spiro atoms. The van der Waals surface area contributed by atoms with Crippen LogP contribution in [0.2, 0.25) is 0 Å². The van der Waals surface area contributed by atoms with E-state index >= 15 is 0 Å². The molecule has 0 radical (unpaired) electrons. The van der Waals surface area contributed by atoms with Crippen LogP contribution in [0.15, 0.2) is 48.7 Å². The number of fused-ring (bicyclic) bond motifs is 2. The van der Waals surface area contributed by atoms with Crippen molar-refractivity contribution in [1.29, 1.82) is 0 Å². The van der Waals surface area contributed by atoms with E-state index in [0.717, 1.165) is 33.8 Å². The Balaban J connectivity index is 1.75. The second-order valence-electron chi connectivity index (χ2n) is 7.30. The molecule has 5 rings (SSSR count). The number of pyridine rings is 1. The third-order valence-corrected chi connectivity index (χ3v) is 5.17. The number of aromatic nitrogens is 5. The normalized spacial score (nSPS) is 16.4. The third kappa shape index (κ3) is 2.51. The highest BCUT2D eigenvalue weighted by Crippen LogP contribution is 2.42. The first-order valence-corrected chi connectivity index (χ1v) is 9.40. The molecule has 140 valence electrons. The van der Waals surface area contributed by atoms with E-state index < -0.39 is 0 Å². The van der Waals surface area contributed by atoms with E-state index in [4.69, 9.17) is 4.98 Å². The summed E-state index contributed by atoms with van der Waals surface area (Å²) >= 11 is 0. The molecular weight excluding hydrogens is 352 g/mol. The molecule has 0 bridgehead atoms. The number of nitrogens with one attached hydrogen (secondary N) is 2. The van der Waals surface area contributed by atoms with E-state index in [1.165, 1.54) is 0 Å². The van der Waals surface area contributed by atoms with Gasteiger partial charge in [-0.3, -0.25) is 14.9 Å². The molecule has 7 nitrogen and oxygen atoms in total. The molecule has 1 atom stereocenters. The van der Waals surface area contributed by atoms with E-state index in [2.05, 4.69) is 45.0 Å². The van der Waals surface area contributed by atoms with Crippen LogP contribution in [0, 0.1) is 0 Å².